The Morgan fingerprint density at radius 2 is 0.950 bits per heavy atom. The van der Waals surface area contributed by atoms with E-state index in [1.54, 1.807) is 0 Å². The van der Waals surface area contributed by atoms with E-state index in [0.717, 1.165) is 11.1 Å². The Bertz CT molecular complexity index is 631. The van der Waals surface area contributed by atoms with Crippen LogP contribution in [0, 0.1) is 23.7 Å². The maximum absolute atomic E-state index is 3.05. The SMILES string of the molecule is C(#Cc1ccccc1)/C=C/C=C/C#Cc1ccccc1. The minimum absolute atomic E-state index is 1.02. The summed E-state index contributed by atoms with van der Waals surface area (Å²) in [4.78, 5) is 0. The summed E-state index contributed by atoms with van der Waals surface area (Å²) in [7, 11) is 0. The van der Waals surface area contributed by atoms with E-state index in [1.807, 2.05) is 85.0 Å². The van der Waals surface area contributed by atoms with E-state index in [-0.39, 0.29) is 0 Å². The van der Waals surface area contributed by atoms with Gasteiger partial charge in [0.25, 0.3) is 0 Å². The van der Waals surface area contributed by atoms with Crippen molar-refractivity contribution in [1.82, 2.24) is 0 Å². The van der Waals surface area contributed by atoms with Crippen LogP contribution in [0.3, 0.4) is 0 Å². The van der Waals surface area contributed by atoms with E-state index in [1.165, 1.54) is 0 Å². The zero-order valence-electron chi connectivity index (χ0n) is 11.1. The summed E-state index contributed by atoms with van der Waals surface area (Å²) in [5.41, 5.74) is 2.04. The summed E-state index contributed by atoms with van der Waals surface area (Å²) in [6.07, 6.45) is 7.40. The molecule has 20 heavy (non-hydrogen) atoms. The van der Waals surface area contributed by atoms with Gasteiger partial charge in [-0.15, -0.1) is 0 Å². The third-order valence-electron chi connectivity index (χ3n) is 2.45. The van der Waals surface area contributed by atoms with E-state index < -0.39 is 0 Å². The van der Waals surface area contributed by atoms with E-state index in [0.29, 0.717) is 0 Å². The summed E-state index contributed by atoms with van der Waals surface area (Å²) < 4.78 is 0. The molecule has 0 bridgehead atoms. The lowest BCUT2D eigenvalue weighted by molar-refractivity contribution is 1.65. The smallest absolute Gasteiger partial charge is 0.0248 e. The summed E-state index contributed by atoms with van der Waals surface area (Å²) in [6.45, 7) is 0. The second-order valence-electron chi connectivity index (χ2n) is 3.99. The maximum Gasteiger partial charge on any atom is 0.0248 e. The third-order valence-corrected chi connectivity index (χ3v) is 2.45. The summed E-state index contributed by atoms with van der Waals surface area (Å²) in [6, 6.07) is 19.8. The molecule has 2 rings (SSSR count). The van der Waals surface area contributed by atoms with Crippen molar-refractivity contribution in [2.75, 3.05) is 0 Å². The van der Waals surface area contributed by atoms with Crippen molar-refractivity contribution in [1.29, 1.82) is 0 Å². The van der Waals surface area contributed by atoms with Crippen molar-refractivity contribution in [3.63, 3.8) is 0 Å². The molecule has 0 spiro atoms. The van der Waals surface area contributed by atoms with Crippen LogP contribution in [-0.4, -0.2) is 0 Å². The normalized spacial score (nSPS) is 9.80. The van der Waals surface area contributed by atoms with Crippen molar-refractivity contribution in [3.05, 3.63) is 96.1 Å². The molecule has 0 fully saturated rings. The first-order valence-electron chi connectivity index (χ1n) is 6.40. The fourth-order valence-corrected chi connectivity index (χ4v) is 1.50. The second-order valence-corrected chi connectivity index (χ2v) is 3.99. The number of hydrogen-bond acceptors (Lipinski definition) is 0. The lowest BCUT2D eigenvalue weighted by Crippen LogP contribution is -1.69. The molecule has 0 aliphatic carbocycles. The van der Waals surface area contributed by atoms with Gasteiger partial charge in [-0.1, -0.05) is 72.2 Å². The summed E-state index contributed by atoms with van der Waals surface area (Å²) >= 11 is 0. The Hall–Kier alpha value is -2.96. The van der Waals surface area contributed by atoms with Gasteiger partial charge in [0.2, 0.25) is 0 Å². The average Bonchev–Trinajstić information content (AvgIpc) is 2.52. The average molecular weight is 254 g/mol. The highest BCUT2D eigenvalue weighted by molar-refractivity contribution is 5.39. The van der Waals surface area contributed by atoms with Gasteiger partial charge in [-0.25, -0.2) is 0 Å². The maximum atomic E-state index is 3.05. The molecular weight excluding hydrogens is 240 g/mol. The monoisotopic (exact) mass is 254 g/mol. The molecule has 0 unspecified atom stereocenters. The molecule has 0 amide bonds. The quantitative estimate of drug-likeness (QED) is 0.528. The molecule has 2 aromatic rings. The van der Waals surface area contributed by atoms with Gasteiger partial charge in [0.1, 0.15) is 0 Å². The highest BCUT2D eigenvalue weighted by atomic mass is 13.8. The molecule has 0 aromatic heterocycles. The van der Waals surface area contributed by atoms with Gasteiger partial charge < -0.3 is 0 Å². The van der Waals surface area contributed by atoms with E-state index >= 15 is 0 Å². The van der Waals surface area contributed by atoms with E-state index in [4.69, 9.17) is 0 Å². The summed E-state index contributed by atoms with van der Waals surface area (Å²) in [5, 5.41) is 0. The fourth-order valence-electron chi connectivity index (χ4n) is 1.50. The van der Waals surface area contributed by atoms with Crippen LogP contribution >= 0.6 is 0 Å². The van der Waals surface area contributed by atoms with Crippen molar-refractivity contribution in [2.24, 2.45) is 0 Å². The Labute approximate surface area is 120 Å². The number of rotatable bonds is 1. The van der Waals surface area contributed by atoms with Crippen LogP contribution in [0.1, 0.15) is 11.1 Å². The molecule has 0 saturated heterocycles. The van der Waals surface area contributed by atoms with Crippen LogP contribution in [0.25, 0.3) is 0 Å². The van der Waals surface area contributed by atoms with Crippen LogP contribution in [0.2, 0.25) is 0 Å². The third kappa shape index (κ3) is 5.13. The minimum atomic E-state index is 1.02. The molecule has 0 heterocycles. The first-order valence-corrected chi connectivity index (χ1v) is 6.40. The number of benzene rings is 2. The van der Waals surface area contributed by atoms with Gasteiger partial charge in [-0.2, -0.15) is 0 Å². The molecule has 0 radical (unpaired) electrons. The van der Waals surface area contributed by atoms with Crippen LogP contribution < -0.4 is 0 Å². The highest BCUT2D eigenvalue weighted by Gasteiger charge is 1.79. The first kappa shape index (κ1) is 13.5. The Morgan fingerprint density at radius 3 is 1.35 bits per heavy atom. The Balaban J connectivity index is 1.84. The Morgan fingerprint density at radius 1 is 0.550 bits per heavy atom. The summed E-state index contributed by atoms with van der Waals surface area (Å²) in [5.74, 6) is 12.1. The van der Waals surface area contributed by atoms with Crippen molar-refractivity contribution >= 4 is 0 Å². The minimum Gasteiger partial charge on any atom is -0.0696 e. The van der Waals surface area contributed by atoms with Crippen LogP contribution in [0.15, 0.2) is 85.0 Å². The lowest BCUT2D eigenvalue weighted by atomic mass is 10.2. The number of allylic oxidation sites excluding steroid dienone is 4. The molecule has 0 saturated carbocycles. The van der Waals surface area contributed by atoms with Gasteiger partial charge in [-0.3, -0.25) is 0 Å². The molecular formula is C20H14. The Kier molecular flexibility index (Phi) is 5.52. The van der Waals surface area contributed by atoms with E-state index in [9.17, 15) is 0 Å². The topological polar surface area (TPSA) is 0 Å². The van der Waals surface area contributed by atoms with Gasteiger partial charge >= 0.3 is 0 Å². The largest absolute Gasteiger partial charge is 0.0696 e. The standard InChI is InChI=1S/C20H14/c1(3-7-13-19-15-9-5-10-16-19)2-4-8-14-20-17-11-6-12-18-20/h1-6,9-12,15-18H/b3-1+,4-2+. The van der Waals surface area contributed by atoms with Crippen molar-refractivity contribution in [3.8, 4) is 23.7 Å². The predicted octanol–water partition coefficient (Wildman–Crippen LogP) is 4.20. The molecule has 0 aliphatic rings. The molecule has 0 aliphatic heterocycles. The highest BCUT2D eigenvalue weighted by Crippen LogP contribution is 1.95. The van der Waals surface area contributed by atoms with Crippen LogP contribution in [0.5, 0.6) is 0 Å². The molecule has 0 atom stereocenters. The van der Waals surface area contributed by atoms with E-state index in [2.05, 4.69) is 23.7 Å². The zero-order valence-corrected chi connectivity index (χ0v) is 11.1. The van der Waals surface area contributed by atoms with Gasteiger partial charge in [-0.05, 0) is 36.4 Å². The fraction of sp³-hybridized carbons (Fsp3) is 0. The van der Waals surface area contributed by atoms with Gasteiger partial charge in [0.15, 0.2) is 0 Å². The lowest BCUT2D eigenvalue weighted by Gasteiger charge is -1.84. The van der Waals surface area contributed by atoms with Gasteiger partial charge in [0.05, 0.1) is 0 Å². The first-order chi connectivity index (χ1) is 9.95. The molecule has 0 heteroatoms. The molecule has 94 valence electrons. The second kappa shape index (κ2) is 8.20. The predicted molar refractivity (Wildman–Crippen MR) is 84.9 cm³/mol. The van der Waals surface area contributed by atoms with Gasteiger partial charge in [0, 0.05) is 11.1 Å². The zero-order chi connectivity index (χ0) is 13.9. The molecule has 2 aromatic carbocycles. The number of hydrogen-bond donors (Lipinski definition) is 0. The molecule has 0 N–H and O–H groups in total. The van der Waals surface area contributed by atoms with Crippen LogP contribution in [0.4, 0.5) is 0 Å². The van der Waals surface area contributed by atoms with Crippen LogP contribution in [-0.2, 0) is 0 Å². The molecule has 0 nitrogen and oxygen atoms in total. The van der Waals surface area contributed by atoms with Crippen molar-refractivity contribution < 1.29 is 0 Å². The van der Waals surface area contributed by atoms with Crippen molar-refractivity contribution in [2.45, 2.75) is 0 Å².